The average Bonchev–Trinajstić information content (AvgIpc) is 2.83. The highest BCUT2D eigenvalue weighted by Crippen LogP contribution is 2.29. The second-order valence-corrected chi connectivity index (χ2v) is 4.92. The minimum atomic E-state index is -4.31. The molecule has 7 heteroatoms. The smallest absolute Gasteiger partial charge is 0.338 e. The van der Waals surface area contributed by atoms with Gasteiger partial charge in [-0.25, -0.2) is 4.98 Å². The number of aryl methyl sites for hydroxylation is 1. The van der Waals surface area contributed by atoms with Crippen LogP contribution in [0.5, 0.6) is 0 Å². The number of imidazole rings is 1. The number of rotatable bonds is 5. The van der Waals surface area contributed by atoms with Crippen molar-refractivity contribution >= 4 is 0 Å². The quantitative estimate of drug-likeness (QED) is 0.656. The van der Waals surface area contributed by atoms with Crippen LogP contribution in [0.2, 0.25) is 0 Å². The van der Waals surface area contributed by atoms with Crippen molar-refractivity contribution in [2.45, 2.75) is 25.1 Å². The van der Waals surface area contributed by atoms with Gasteiger partial charge in [-0.05, 0) is 24.1 Å². The van der Waals surface area contributed by atoms with Gasteiger partial charge in [-0.2, -0.15) is 13.2 Å². The lowest BCUT2D eigenvalue weighted by molar-refractivity contribution is -0.137. The molecule has 0 bridgehead atoms. The fourth-order valence-corrected chi connectivity index (χ4v) is 2.12. The first-order valence-corrected chi connectivity index (χ1v) is 6.48. The highest BCUT2D eigenvalue weighted by atomic mass is 19.4. The lowest BCUT2D eigenvalue weighted by atomic mass is 10.0. The highest BCUT2D eigenvalue weighted by Gasteiger charge is 2.30. The van der Waals surface area contributed by atoms with Crippen LogP contribution in [-0.4, -0.2) is 15.6 Å². The van der Waals surface area contributed by atoms with Gasteiger partial charge < -0.3 is 4.57 Å². The molecule has 0 aliphatic carbocycles. The largest absolute Gasteiger partial charge is 0.416 e. The van der Waals surface area contributed by atoms with E-state index in [0.717, 1.165) is 23.5 Å². The Morgan fingerprint density at radius 2 is 1.90 bits per heavy atom. The summed E-state index contributed by atoms with van der Waals surface area (Å²) in [6.45, 7) is 0. The molecule has 1 unspecified atom stereocenters. The van der Waals surface area contributed by atoms with E-state index in [2.05, 4.69) is 10.4 Å². The summed E-state index contributed by atoms with van der Waals surface area (Å²) in [5.41, 5.74) is 2.83. The van der Waals surface area contributed by atoms with Gasteiger partial charge >= 0.3 is 6.18 Å². The van der Waals surface area contributed by atoms with Crippen LogP contribution in [0.1, 0.15) is 17.0 Å². The fourth-order valence-electron chi connectivity index (χ4n) is 2.12. The number of benzene rings is 1. The van der Waals surface area contributed by atoms with Crippen molar-refractivity contribution < 1.29 is 13.2 Å². The summed E-state index contributed by atoms with van der Waals surface area (Å²) >= 11 is 0. The summed E-state index contributed by atoms with van der Waals surface area (Å²) < 4.78 is 39.4. The number of nitrogens with one attached hydrogen (secondary N) is 1. The zero-order chi connectivity index (χ0) is 15.5. The maximum atomic E-state index is 12.5. The number of alkyl halides is 3. The van der Waals surface area contributed by atoms with E-state index in [0.29, 0.717) is 12.8 Å². The molecule has 0 aliphatic heterocycles. The van der Waals surface area contributed by atoms with E-state index < -0.39 is 11.7 Å². The van der Waals surface area contributed by atoms with E-state index in [1.807, 2.05) is 17.8 Å². The van der Waals surface area contributed by atoms with Gasteiger partial charge in [0.1, 0.15) is 5.82 Å². The zero-order valence-electron chi connectivity index (χ0n) is 11.6. The van der Waals surface area contributed by atoms with Crippen molar-refractivity contribution in [1.82, 2.24) is 15.0 Å². The van der Waals surface area contributed by atoms with E-state index in [-0.39, 0.29) is 6.04 Å². The molecule has 1 heterocycles. The number of aromatic nitrogens is 2. The second-order valence-electron chi connectivity index (χ2n) is 4.92. The third-order valence-electron chi connectivity index (χ3n) is 3.35. The van der Waals surface area contributed by atoms with Crippen molar-refractivity contribution in [3.05, 3.63) is 53.6 Å². The Hall–Kier alpha value is -1.86. The third-order valence-corrected chi connectivity index (χ3v) is 3.35. The third kappa shape index (κ3) is 4.05. The number of nitrogens with zero attached hydrogens (tertiary/aromatic N) is 2. The van der Waals surface area contributed by atoms with Crippen LogP contribution in [-0.2, 0) is 26.1 Å². The molecule has 0 fully saturated rings. The summed E-state index contributed by atoms with van der Waals surface area (Å²) in [6.07, 6.45) is 0.349. The van der Waals surface area contributed by atoms with Crippen molar-refractivity contribution in [3.63, 3.8) is 0 Å². The first kappa shape index (κ1) is 15.5. The van der Waals surface area contributed by atoms with Crippen LogP contribution in [0.4, 0.5) is 13.2 Å². The monoisotopic (exact) mass is 298 g/mol. The lowest BCUT2D eigenvalue weighted by Crippen LogP contribution is -2.39. The number of hydrogen-bond donors (Lipinski definition) is 2. The van der Waals surface area contributed by atoms with Gasteiger partial charge in [0, 0.05) is 31.9 Å². The molecule has 0 aliphatic rings. The Kier molecular flexibility index (Phi) is 4.64. The first-order chi connectivity index (χ1) is 9.90. The second kappa shape index (κ2) is 6.28. The number of hydrazine groups is 1. The molecule has 0 saturated heterocycles. The Labute approximate surface area is 120 Å². The molecule has 2 aromatic rings. The Bertz CT molecular complexity index is 575. The SMILES string of the molecule is Cn1ccnc1CC(Cc1ccc(C(F)(F)F)cc1)NN. The van der Waals surface area contributed by atoms with Gasteiger partial charge in [0.05, 0.1) is 5.56 Å². The van der Waals surface area contributed by atoms with Crippen LogP contribution in [0.25, 0.3) is 0 Å². The van der Waals surface area contributed by atoms with Crippen molar-refractivity contribution in [1.29, 1.82) is 0 Å². The Morgan fingerprint density at radius 1 is 1.24 bits per heavy atom. The molecule has 21 heavy (non-hydrogen) atoms. The summed E-state index contributed by atoms with van der Waals surface area (Å²) in [6, 6.07) is 5.03. The predicted molar refractivity (Wildman–Crippen MR) is 73.2 cm³/mol. The molecule has 2 rings (SSSR count). The van der Waals surface area contributed by atoms with Gasteiger partial charge in [-0.15, -0.1) is 0 Å². The van der Waals surface area contributed by atoms with Gasteiger partial charge in [-0.3, -0.25) is 11.3 Å². The van der Waals surface area contributed by atoms with Gasteiger partial charge in [-0.1, -0.05) is 12.1 Å². The first-order valence-electron chi connectivity index (χ1n) is 6.48. The molecule has 1 aromatic carbocycles. The molecule has 0 amide bonds. The molecule has 0 radical (unpaired) electrons. The maximum Gasteiger partial charge on any atom is 0.416 e. The number of nitrogens with two attached hydrogens (primary N) is 1. The molecule has 1 atom stereocenters. The van der Waals surface area contributed by atoms with Crippen molar-refractivity contribution in [2.75, 3.05) is 0 Å². The molecular formula is C14H17F3N4. The van der Waals surface area contributed by atoms with E-state index in [9.17, 15) is 13.2 Å². The summed E-state index contributed by atoms with van der Waals surface area (Å²) in [7, 11) is 1.88. The number of halogens is 3. The van der Waals surface area contributed by atoms with Gasteiger partial charge in [0.2, 0.25) is 0 Å². The summed E-state index contributed by atoms with van der Waals surface area (Å²) in [5.74, 6) is 6.39. The Balaban J connectivity index is 2.03. The molecular weight excluding hydrogens is 281 g/mol. The van der Waals surface area contributed by atoms with Crippen LogP contribution in [0, 0.1) is 0 Å². The molecule has 1 aromatic heterocycles. The standard InChI is InChI=1S/C14H17F3N4/c1-21-7-6-19-13(21)9-12(20-18)8-10-2-4-11(5-3-10)14(15,16)17/h2-7,12,20H,8-9,18H2,1H3. The molecule has 3 N–H and O–H groups in total. The van der Waals surface area contributed by atoms with Crippen LogP contribution in [0.3, 0.4) is 0 Å². The zero-order valence-corrected chi connectivity index (χ0v) is 11.6. The maximum absolute atomic E-state index is 12.5. The van der Waals surface area contributed by atoms with Crippen LogP contribution < -0.4 is 11.3 Å². The minimum absolute atomic E-state index is 0.0946. The summed E-state index contributed by atoms with van der Waals surface area (Å²) in [5, 5.41) is 0. The van der Waals surface area contributed by atoms with Gasteiger partial charge in [0.15, 0.2) is 0 Å². The van der Waals surface area contributed by atoms with E-state index in [1.54, 1.807) is 6.20 Å². The predicted octanol–water partition coefficient (Wildman–Crippen LogP) is 2.06. The topological polar surface area (TPSA) is 55.9 Å². The highest BCUT2D eigenvalue weighted by molar-refractivity contribution is 5.25. The van der Waals surface area contributed by atoms with Crippen molar-refractivity contribution in [2.24, 2.45) is 12.9 Å². The average molecular weight is 298 g/mol. The lowest BCUT2D eigenvalue weighted by Gasteiger charge is -2.16. The van der Waals surface area contributed by atoms with Crippen LogP contribution >= 0.6 is 0 Å². The molecule has 114 valence electrons. The van der Waals surface area contributed by atoms with E-state index in [4.69, 9.17) is 5.84 Å². The molecule has 0 spiro atoms. The van der Waals surface area contributed by atoms with Crippen molar-refractivity contribution in [3.8, 4) is 0 Å². The molecule has 0 saturated carbocycles. The number of hydrogen-bond acceptors (Lipinski definition) is 3. The fraction of sp³-hybridized carbons (Fsp3) is 0.357. The minimum Gasteiger partial charge on any atom is -0.338 e. The summed E-state index contributed by atoms with van der Waals surface area (Å²) in [4.78, 5) is 4.21. The normalized spacial score (nSPS) is 13.4. The van der Waals surface area contributed by atoms with Crippen LogP contribution in [0.15, 0.2) is 36.7 Å². The van der Waals surface area contributed by atoms with E-state index in [1.165, 1.54) is 12.1 Å². The Morgan fingerprint density at radius 3 is 2.38 bits per heavy atom. The van der Waals surface area contributed by atoms with E-state index >= 15 is 0 Å². The van der Waals surface area contributed by atoms with Gasteiger partial charge in [0.25, 0.3) is 0 Å². The molecule has 4 nitrogen and oxygen atoms in total.